The van der Waals surface area contributed by atoms with Crippen LogP contribution in [0, 0.1) is 0 Å². The lowest BCUT2D eigenvalue weighted by atomic mass is 9.86. The van der Waals surface area contributed by atoms with Crippen LogP contribution in [0.1, 0.15) is 24.3 Å². The number of aromatic nitrogens is 1. The highest BCUT2D eigenvalue weighted by Crippen LogP contribution is 2.32. The lowest BCUT2D eigenvalue weighted by Crippen LogP contribution is -2.26. The van der Waals surface area contributed by atoms with Gasteiger partial charge in [0.15, 0.2) is 5.43 Å². The van der Waals surface area contributed by atoms with E-state index in [1.54, 1.807) is 18.3 Å². The van der Waals surface area contributed by atoms with Crippen LogP contribution in [0.25, 0.3) is 11.3 Å². The number of pyridine rings is 1. The summed E-state index contributed by atoms with van der Waals surface area (Å²) in [6.45, 7) is 2.15. The van der Waals surface area contributed by atoms with Gasteiger partial charge in [0.2, 0.25) is 0 Å². The molecule has 0 saturated carbocycles. The number of nitrogens with one attached hydrogen (secondary N) is 2. The second kappa shape index (κ2) is 5.41. The van der Waals surface area contributed by atoms with Gasteiger partial charge < -0.3 is 10.3 Å². The maximum atomic E-state index is 11.5. The zero-order chi connectivity index (χ0) is 13.1. The molecule has 0 aliphatic carbocycles. The van der Waals surface area contributed by atoms with Gasteiger partial charge in [-0.25, -0.2) is 0 Å². The topological polar surface area (TPSA) is 44.9 Å². The first-order chi connectivity index (χ1) is 9.34. The Labute approximate surface area is 112 Å². The Morgan fingerprint density at radius 3 is 2.63 bits per heavy atom. The third-order valence-electron chi connectivity index (χ3n) is 3.80. The number of rotatable bonds is 2. The van der Waals surface area contributed by atoms with Gasteiger partial charge >= 0.3 is 0 Å². The third kappa shape index (κ3) is 2.61. The van der Waals surface area contributed by atoms with Crippen molar-refractivity contribution in [3.8, 4) is 11.3 Å². The Morgan fingerprint density at radius 2 is 1.84 bits per heavy atom. The number of benzene rings is 1. The fourth-order valence-electron chi connectivity index (χ4n) is 2.83. The van der Waals surface area contributed by atoms with E-state index < -0.39 is 0 Å². The Morgan fingerprint density at radius 1 is 1.05 bits per heavy atom. The molecule has 19 heavy (non-hydrogen) atoms. The predicted molar refractivity (Wildman–Crippen MR) is 77.3 cm³/mol. The zero-order valence-corrected chi connectivity index (χ0v) is 10.9. The molecule has 0 radical (unpaired) electrons. The maximum Gasteiger partial charge on any atom is 0.182 e. The van der Waals surface area contributed by atoms with Crippen LogP contribution < -0.4 is 10.7 Å². The lowest BCUT2D eigenvalue weighted by molar-refractivity contribution is 0.461. The first kappa shape index (κ1) is 12.2. The Hall–Kier alpha value is -1.87. The minimum Gasteiger partial charge on any atom is -0.361 e. The smallest absolute Gasteiger partial charge is 0.182 e. The molecule has 0 bridgehead atoms. The predicted octanol–water partition coefficient (Wildman–Crippen LogP) is 2.51. The van der Waals surface area contributed by atoms with Gasteiger partial charge in [-0.15, -0.1) is 0 Å². The summed E-state index contributed by atoms with van der Waals surface area (Å²) in [6, 6.07) is 11.6. The van der Waals surface area contributed by atoms with Gasteiger partial charge in [-0.2, -0.15) is 0 Å². The lowest BCUT2D eigenvalue weighted by Gasteiger charge is -2.25. The van der Waals surface area contributed by atoms with Crippen molar-refractivity contribution in [1.82, 2.24) is 10.3 Å². The van der Waals surface area contributed by atoms with Crippen LogP contribution >= 0.6 is 0 Å². The van der Waals surface area contributed by atoms with E-state index in [-0.39, 0.29) is 5.43 Å². The summed E-state index contributed by atoms with van der Waals surface area (Å²) < 4.78 is 0. The van der Waals surface area contributed by atoms with Gasteiger partial charge in [0, 0.05) is 29.6 Å². The molecule has 2 N–H and O–H groups in total. The van der Waals surface area contributed by atoms with Gasteiger partial charge in [0.25, 0.3) is 0 Å². The zero-order valence-electron chi connectivity index (χ0n) is 10.9. The summed E-state index contributed by atoms with van der Waals surface area (Å²) in [6.07, 6.45) is 4.04. The van der Waals surface area contributed by atoms with E-state index in [4.69, 9.17) is 0 Å². The number of piperidine rings is 1. The Kier molecular flexibility index (Phi) is 3.47. The molecule has 1 fully saturated rings. The molecule has 3 heteroatoms. The number of H-pyrrole nitrogens is 1. The molecule has 0 unspecified atom stereocenters. The standard InChI is InChI=1S/C16H18N2O/c19-13-7-10-18-16(11-13)15-4-2-1-3-14(15)12-5-8-17-9-6-12/h1-4,7,10-12,17H,5-6,8-9H2,(H,18,19). The molecule has 1 aromatic carbocycles. The van der Waals surface area contributed by atoms with Gasteiger partial charge in [-0.3, -0.25) is 4.79 Å². The van der Waals surface area contributed by atoms with Gasteiger partial charge in [-0.1, -0.05) is 24.3 Å². The van der Waals surface area contributed by atoms with Crippen LogP contribution in [-0.4, -0.2) is 18.1 Å². The van der Waals surface area contributed by atoms with Crippen LogP contribution in [0.4, 0.5) is 0 Å². The van der Waals surface area contributed by atoms with E-state index in [1.165, 1.54) is 5.56 Å². The van der Waals surface area contributed by atoms with E-state index in [9.17, 15) is 4.79 Å². The van der Waals surface area contributed by atoms with Crippen molar-refractivity contribution in [2.24, 2.45) is 0 Å². The molecule has 98 valence electrons. The first-order valence-electron chi connectivity index (χ1n) is 6.83. The summed E-state index contributed by atoms with van der Waals surface area (Å²) in [4.78, 5) is 14.7. The molecule has 1 aromatic heterocycles. The number of aromatic amines is 1. The highest BCUT2D eigenvalue weighted by molar-refractivity contribution is 5.64. The van der Waals surface area contributed by atoms with Crippen molar-refractivity contribution in [2.45, 2.75) is 18.8 Å². The average molecular weight is 254 g/mol. The number of hydrogen-bond donors (Lipinski definition) is 2. The molecule has 1 aliphatic rings. The van der Waals surface area contributed by atoms with E-state index in [0.29, 0.717) is 5.92 Å². The first-order valence-corrected chi connectivity index (χ1v) is 6.83. The van der Waals surface area contributed by atoms with Gasteiger partial charge in [0.1, 0.15) is 0 Å². The molecule has 0 atom stereocenters. The van der Waals surface area contributed by atoms with E-state index in [2.05, 4.69) is 28.5 Å². The minimum absolute atomic E-state index is 0.0499. The van der Waals surface area contributed by atoms with Crippen LogP contribution in [0.15, 0.2) is 47.4 Å². The summed E-state index contributed by atoms with van der Waals surface area (Å²) in [7, 11) is 0. The van der Waals surface area contributed by atoms with Crippen LogP contribution in [0.5, 0.6) is 0 Å². The normalized spacial score (nSPS) is 16.4. The van der Waals surface area contributed by atoms with Gasteiger partial charge in [-0.05, 0) is 37.4 Å². The monoisotopic (exact) mass is 254 g/mol. The Bertz CT molecular complexity index is 612. The minimum atomic E-state index is 0.0499. The molecule has 1 saturated heterocycles. The van der Waals surface area contributed by atoms with E-state index in [1.807, 2.05) is 6.07 Å². The SMILES string of the molecule is O=c1cc[nH]c(-c2ccccc2C2CCNCC2)c1. The second-order valence-electron chi connectivity index (χ2n) is 5.05. The van der Waals surface area contributed by atoms with Crippen molar-refractivity contribution in [1.29, 1.82) is 0 Å². The summed E-state index contributed by atoms with van der Waals surface area (Å²) in [5.74, 6) is 0.584. The van der Waals surface area contributed by atoms with Crippen LogP contribution in [0.2, 0.25) is 0 Å². The van der Waals surface area contributed by atoms with Crippen molar-refractivity contribution in [3.05, 3.63) is 58.4 Å². The van der Waals surface area contributed by atoms with Gasteiger partial charge in [0.05, 0.1) is 0 Å². The van der Waals surface area contributed by atoms with Crippen molar-refractivity contribution >= 4 is 0 Å². The van der Waals surface area contributed by atoms with Crippen molar-refractivity contribution in [3.63, 3.8) is 0 Å². The molecule has 1 aliphatic heterocycles. The molecule has 3 nitrogen and oxygen atoms in total. The van der Waals surface area contributed by atoms with E-state index >= 15 is 0 Å². The summed E-state index contributed by atoms with van der Waals surface area (Å²) in [5, 5.41) is 3.40. The molecule has 0 spiro atoms. The van der Waals surface area contributed by atoms with Crippen LogP contribution in [-0.2, 0) is 0 Å². The fourth-order valence-corrected chi connectivity index (χ4v) is 2.83. The Balaban J connectivity index is 2.03. The number of hydrogen-bond acceptors (Lipinski definition) is 2. The highest BCUT2D eigenvalue weighted by Gasteiger charge is 2.18. The van der Waals surface area contributed by atoms with Crippen molar-refractivity contribution < 1.29 is 0 Å². The molecule has 0 amide bonds. The second-order valence-corrected chi connectivity index (χ2v) is 5.05. The fraction of sp³-hybridized carbons (Fsp3) is 0.312. The summed E-state index contributed by atoms with van der Waals surface area (Å²) >= 11 is 0. The van der Waals surface area contributed by atoms with E-state index in [0.717, 1.165) is 37.2 Å². The molecular formula is C16H18N2O. The highest BCUT2D eigenvalue weighted by atomic mass is 16.1. The van der Waals surface area contributed by atoms with Crippen molar-refractivity contribution in [2.75, 3.05) is 13.1 Å². The maximum absolute atomic E-state index is 11.5. The quantitative estimate of drug-likeness (QED) is 0.865. The summed E-state index contributed by atoms with van der Waals surface area (Å²) in [5.41, 5.74) is 3.48. The van der Waals surface area contributed by atoms with Crippen LogP contribution in [0.3, 0.4) is 0 Å². The largest absolute Gasteiger partial charge is 0.361 e. The third-order valence-corrected chi connectivity index (χ3v) is 3.80. The molecular weight excluding hydrogens is 236 g/mol. The molecule has 2 aromatic rings. The average Bonchev–Trinajstić information content (AvgIpc) is 2.48. The molecule has 3 rings (SSSR count). The molecule has 2 heterocycles.